The van der Waals surface area contributed by atoms with Crippen molar-refractivity contribution in [1.82, 2.24) is 30.2 Å². The minimum atomic E-state index is 0.173. The zero-order valence-electron chi connectivity index (χ0n) is 17.3. The summed E-state index contributed by atoms with van der Waals surface area (Å²) in [6.45, 7) is 3.40. The third-order valence-electron chi connectivity index (χ3n) is 5.40. The van der Waals surface area contributed by atoms with Gasteiger partial charge in [-0.25, -0.2) is 4.98 Å². The van der Waals surface area contributed by atoms with Crippen molar-refractivity contribution in [2.45, 2.75) is 44.9 Å². The molecule has 0 atom stereocenters. The number of carbonyl (C=O) groups is 1. The smallest absolute Gasteiger partial charge is 0.226 e. The second kappa shape index (κ2) is 9.06. The molecule has 2 aromatic heterocycles. The molecule has 0 radical (unpaired) electrons. The second-order valence-electron chi connectivity index (χ2n) is 7.53. The van der Waals surface area contributed by atoms with Gasteiger partial charge in [0.15, 0.2) is 5.82 Å². The fraction of sp³-hybridized carbons (Fsp3) is 0.476. The molecule has 30 heavy (non-hydrogen) atoms. The number of methoxy groups -OCH3 is 1. The largest absolute Gasteiger partial charge is 0.497 e. The Hall–Kier alpha value is -3.23. The van der Waals surface area contributed by atoms with Gasteiger partial charge in [-0.1, -0.05) is 17.3 Å². The summed E-state index contributed by atoms with van der Waals surface area (Å²) in [6.07, 6.45) is 3.53. The monoisotopic (exact) mass is 410 g/mol. The number of rotatable bonds is 7. The Morgan fingerprint density at radius 2 is 2.13 bits per heavy atom. The van der Waals surface area contributed by atoms with E-state index in [1.807, 2.05) is 36.1 Å². The molecular formula is C21H26N6O3. The number of carbonyl (C=O) groups excluding carboxylic acids is 1. The van der Waals surface area contributed by atoms with E-state index >= 15 is 0 Å². The van der Waals surface area contributed by atoms with E-state index in [9.17, 15) is 4.79 Å². The molecule has 3 heterocycles. The standard InChI is InChI=1S/C21H26N6O3/c1-14-22-20(25-24-14)15-9-11-27(12-10-15)19(28)8-4-7-18-23-21(26-30-18)16-5-3-6-17(13-16)29-2/h3,5-6,13,15H,4,7-12H2,1-2H3,(H,22,24,25). The zero-order chi connectivity index (χ0) is 20.9. The molecule has 0 unspecified atom stereocenters. The van der Waals surface area contributed by atoms with Crippen LogP contribution in [-0.4, -0.2) is 56.3 Å². The molecule has 1 amide bonds. The molecule has 1 aliphatic heterocycles. The molecular weight excluding hydrogens is 384 g/mol. The van der Waals surface area contributed by atoms with Crippen LogP contribution in [-0.2, 0) is 11.2 Å². The zero-order valence-corrected chi connectivity index (χ0v) is 17.3. The molecule has 0 aliphatic carbocycles. The fourth-order valence-corrected chi connectivity index (χ4v) is 3.71. The number of amides is 1. The lowest BCUT2D eigenvalue weighted by atomic mass is 9.96. The quantitative estimate of drug-likeness (QED) is 0.638. The van der Waals surface area contributed by atoms with E-state index in [-0.39, 0.29) is 5.91 Å². The van der Waals surface area contributed by atoms with E-state index < -0.39 is 0 Å². The van der Waals surface area contributed by atoms with Gasteiger partial charge in [0.25, 0.3) is 0 Å². The molecule has 1 saturated heterocycles. The fourth-order valence-electron chi connectivity index (χ4n) is 3.71. The summed E-state index contributed by atoms with van der Waals surface area (Å²) in [6, 6.07) is 7.52. The van der Waals surface area contributed by atoms with Gasteiger partial charge in [0.05, 0.1) is 7.11 Å². The number of H-pyrrole nitrogens is 1. The summed E-state index contributed by atoms with van der Waals surface area (Å²) in [5, 5.41) is 11.2. The van der Waals surface area contributed by atoms with Crippen molar-refractivity contribution in [3.63, 3.8) is 0 Å². The van der Waals surface area contributed by atoms with E-state index in [2.05, 4.69) is 25.3 Å². The molecule has 158 valence electrons. The Morgan fingerprint density at radius 3 is 2.87 bits per heavy atom. The van der Waals surface area contributed by atoms with E-state index in [1.165, 1.54) is 0 Å². The Bertz CT molecular complexity index is 990. The van der Waals surface area contributed by atoms with Gasteiger partial charge in [0.1, 0.15) is 11.6 Å². The molecule has 4 rings (SSSR count). The predicted molar refractivity (Wildman–Crippen MR) is 109 cm³/mol. The predicted octanol–water partition coefficient (Wildman–Crippen LogP) is 2.90. The number of benzene rings is 1. The number of hydrogen-bond acceptors (Lipinski definition) is 7. The molecule has 1 fully saturated rings. The van der Waals surface area contributed by atoms with E-state index in [0.717, 1.165) is 48.9 Å². The Labute approximate surface area is 174 Å². The average molecular weight is 410 g/mol. The maximum Gasteiger partial charge on any atom is 0.226 e. The molecule has 1 aliphatic rings. The van der Waals surface area contributed by atoms with Crippen LogP contribution in [0, 0.1) is 6.92 Å². The number of aromatic nitrogens is 5. The van der Waals surface area contributed by atoms with Crippen LogP contribution in [0.15, 0.2) is 28.8 Å². The molecule has 0 saturated carbocycles. The summed E-state index contributed by atoms with van der Waals surface area (Å²) in [4.78, 5) is 23.3. The maximum absolute atomic E-state index is 12.5. The van der Waals surface area contributed by atoms with Crippen molar-refractivity contribution in [2.75, 3.05) is 20.2 Å². The molecule has 9 heteroatoms. The van der Waals surface area contributed by atoms with E-state index in [0.29, 0.717) is 36.9 Å². The van der Waals surface area contributed by atoms with Gasteiger partial charge in [0.2, 0.25) is 17.6 Å². The Balaban J connectivity index is 1.23. The Morgan fingerprint density at radius 1 is 1.30 bits per heavy atom. The SMILES string of the molecule is COc1cccc(-c2noc(CCCC(=O)N3CCC(c4n[nH]c(C)n4)CC3)n2)c1. The van der Waals surface area contributed by atoms with Crippen molar-refractivity contribution in [3.8, 4) is 17.1 Å². The highest BCUT2D eigenvalue weighted by atomic mass is 16.5. The van der Waals surface area contributed by atoms with Crippen LogP contribution in [0.4, 0.5) is 0 Å². The lowest BCUT2D eigenvalue weighted by Crippen LogP contribution is -2.38. The van der Waals surface area contributed by atoms with Crippen LogP contribution < -0.4 is 4.74 Å². The van der Waals surface area contributed by atoms with Crippen LogP contribution in [0.25, 0.3) is 11.4 Å². The van der Waals surface area contributed by atoms with Gasteiger partial charge < -0.3 is 14.2 Å². The highest BCUT2D eigenvalue weighted by Gasteiger charge is 2.26. The van der Waals surface area contributed by atoms with Crippen molar-refractivity contribution in [2.24, 2.45) is 0 Å². The van der Waals surface area contributed by atoms with Crippen LogP contribution >= 0.6 is 0 Å². The highest BCUT2D eigenvalue weighted by Crippen LogP contribution is 2.26. The number of piperidine rings is 1. The van der Waals surface area contributed by atoms with Gasteiger partial charge in [-0.3, -0.25) is 9.89 Å². The average Bonchev–Trinajstić information content (AvgIpc) is 3.43. The first-order chi connectivity index (χ1) is 14.6. The summed E-state index contributed by atoms with van der Waals surface area (Å²) < 4.78 is 10.6. The van der Waals surface area contributed by atoms with Crippen LogP contribution in [0.2, 0.25) is 0 Å². The lowest BCUT2D eigenvalue weighted by molar-refractivity contribution is -0.132. The van der Waals surface area contributed by atoms with Crippen molar-refractivity contribution in [3.05, 3.63) is 41.8 Å². The van der Waals surface area contributed by atoms with Gasteiger partial charge >= 0.3 is 0 Å². The summed E-state index contributed by atoms with van der Waals surface area (Å²) >= 11 is 0. The van der Waals surface area contributed by atoms with E-state index in [4.69, 9.17) is 9.26 Å². The number of likely N-dealkylation sites (tertiary alicyclic amines) is 1. The van der Waals surface area contributed by atoms with Gasteiger partial charge in [0, 0.05) is 37.4 Å². The minimum absolute atomic E-state index is 0.173. The van der Waals surface area contributed by atoms with Crippen molar-refractivity contribution >= 4 is 5.91 Å². The first-order valence-electron chi connectivity index (χ1n) is 10.3. The summed E-state index contributed by atoms with van der Waals surface area (Å²) in [5.41, 5.74) is 0.838. The molecule has 3 aromatic rings. The number of aromatic amines is 1. The minimum Gasteiger partial charge on any atom is -0.497 e. The Kier molecular flexibility index (Phi) is 6.06. The normalized spacial score (nSPS) is 14.8. The number of nitrogens with one attached hydrogen (secondary N) is 1. The van der Waals surface area contributed by atoms with Gasteiger partial charge in [-0.05, 0) is 38.3 Å². The molecule has 9 nitrogen and oxygen atoms in total. The highest BCUT2D eigenvalue weighted by molar-refractivity contribution is 5.76. The molecule has 1 N–H and O–H groups in total. The van der Waals surface area contributed by atoms with Crippen LogP contribution in [0.1, 0.15) is 49.1 Å². The summed E-state index contributed by atoms with van der Waals surface area (Å²) in [7, 11) is 1.62. The van der Waals surface area contributed by atoms with Crippen molar-refractivity contribution in [1.29, 1.82) is 0 Å². The number of hydrogen-bond donors (Lipinski definition) is 1. The lowest BCUT2D eigenvalue weighted by Gasteiger charge is -2.30. The first kappa shape index (κ1) is 20.1. The summed E-state index contributed by atoms with van der Waals surface area (Å²) in [5.74, 6) is 4.01. The van der Waals surface area contributed by atoms with Gasteiger partial charge in [-0.2, -0.15) is 10.1 Å². The molecule has 0 spiro atoms. The van der Waals surface area contributed by atoms with Gasteiger partial charge in [-0.15, -0.1) is 0 Å². The first-order valence-corrected chi connectivity index (χ1v) is 10.3. The number of nitrogens with zero attached hydrogens (tertiary/aromatic N) is 5. The number of aryl methyl sites for hydroxylation is 2. The number of ether oxygens (including phenoxy) is 1. The third kappa shape index (κ3) is 4.67. The molecule has 0 bridgehead atoms. The van der Waals surface area contributed by atoms with Crippen LogP contribution in [0.5, 0.6) is 5.75 Å². The molecule has 1 aromatic carbocycles. The third-order valence-corrected chi connectivity index (χ3v) is 5.40. The topological polar surface area (TPSA) is 110 Å². The van der Waals surface area contributed by atoms with Crippen LogP contribution in [0.3, 0.4) is 0 Å². The van der Waals surface area contributed by atoms with E-state index in [1.54, 1.807) is 7.11 Å². The van der Waals surface area contributed by atoms with Crippen molar-refractivity contribution < 1.29 is 14.1 Å². The second-order valence-corrected chi connectivity index (χ2v) is 7.53. The maximum atomic E-state index is 12.5.